The minimum atomic E-state index is -0.223. The first-order valence-electron chi connectivity index (χ1n) is 8.52. The molecule has 0 aliphatic heterocycles. The van der Waals surface area contributed by atoms with E-state index >= 15 is 0 Å². The number of H-pyrrole nitrogens is 1. The van der Waals surface area contributed by atoms with E-state index < -0.39 is 0 Å². The van der Waals surface area contributed by atoms with Crippen LogP contribution in [0.3, 0.4) is 0 Å². The number of rotatable bonds is 4. The SMILES string of the molecule is Cc1cccc(-c2nc(CSc3nc4c(=O)[nH]c(C)nc4n3C)c(C)o2)c1. The van der Waals surface area contributed by atoms with Gasteiger partial charge in [-0.3, -0.25) is 4.79 Å². The fourth-order valence-electron chi connectivity index (χ4n) is 2.89. The second kappa shape index (κ2) is 6.70. The van der Waals surface area contributed by atoms with Gasteiger partial charge in [-0.25, -0.2) is 15.0 Å². The van der Waals surface area contributed by atoms with E-state index in [4.69, 9.17) is 4.42 Å². The molecule has 8 heteroatoms. The van der Waals surface area contributed by atoms with Crippen molar-refractivity contribution < 1.29 is 4.42 Å². The zero-order valence-electron chi connectivity index (χ0n) is 15.5. The number of fused-ring (bicyclic) bond motifs is 1. The Hall–Kier alpha value is -2.87. The second-order valence-corrected chi connectivity index (χ2v) is 7.40. The Labute approximate surface area is 159 Å². The summed E-state index contributed by atoms with van der Waals surface area (Å²) in [5.74, 6) is 2.56. The van der Waals surface area contributed by atoms with Crippen LogP contribution in [0.5, 0.6) is 0 Å². The molecule has 0 amide bonds. The molecule has 0 atom stereocenters. The molecule has 3 aromatic heterocycles. The predicted octanol–water partition coefficient (Wildman–Crippen LogP) is 3.53. The maximum absolute atomic E-state index is 12.1. The van der Waals surface area contributed by atoms with E-state index in [2.05, 4.69) is 19.9 Å². The number of aryl methyl sites for hydroxylation is 4. The van der Waals surface area contributed by atoms with Crippen LogP contribution in [0, 0.1) is 20.8 Å². The van der Waals surface area contributed by atoms with Gasteiger partial charge in [0.25, 0.3) is 5.56 Å². The van der Waals surface area contributed by atoms with E-state index in [0.29, 0.717) is 33.8 Å². The number of aromatic nitrogens is 5. The number of oxazole rings is 1. The number of nitrogens with one attached hydrogen (secondary N) is 1. The zero-order valence-corrected chi connectivity index (χ0v) is 16.3. The van der Waals surface area contributed by atoms with Crippen molar-refractivity contribution in [2.24, 2.45) is 7.05 Å². The van der Waals surface area contributed by atoms with E-state index in [0.717, 1.165) is 22.6 Å². The second-order valence-electron chi connectivity index (χ2n) is 6.46. The largest absolute Gasteiger partial charge is 0.441 e. The van der Waals surface area contributed by atoms with E-state index in [1.54, 1.807) is 6.92 Å². The lowest BCUT2D eigenvalue weighted by molar-refractivity contribution is 0.540. The summed E-state index contributed by atoms with van der Waals surface area (Å²) in [6, 6.07) is 8.07. The highest BCUT2D eigenvalue weighted by molar-refractivity contribution is 7.98. The van der Waals surface area contributed by atoms with Gasteiger partial charge in [0.15, 0.2) is 16.3 Å². The van der Waals surface area contributed by atoms with Gasteiger partial charge >= 0.3 is 0 Å². The Morgan fingerprint density at radius 3 is 2.78 bits per heavy atom. The van der Waals surface area contributed by atoms with Gasteiger partial charge in [-0.2, -0.15) is 0 Å². The average molecular weight is 381 g/mol. The maximum atomic E-state index is 12.1. The molecular formula is C19H19N5O2S. The Balaban J connectivity index is 1.61. The van der Waals surface area contributed by atoms with Gasteiger partial charge in [-0.15, -0.1) is 0 Å². The molecule has 7 nitrogen and oxygen atoms in total. The lowest BCUT2D eigenvalue weighted by Crippen LogP contribution is -2.10. The van der Waals surface area contributed by atoms with E-state index in [9.17, 15) is 4.79 Å². The molecule has 4 rings (SSSR count). The van der Waals surface area contributed by atoms with Gasteiger partial charge in [0.2, 0.25) is 5.89 Å². The van der Waals surface area contributed by atoms with Gasteiger partial charge in [-0.05, 0) is 32.9 Å². The van der Waals surface area contributed by atoms with Crippen LogP contribution in [-0.4, -0.2) is 24.5 Å². The smallest absolute Gasteiger partial charge is 0.279 e. The van der Waals surface area contributed by atoms with Gasteiger partial charge in [-0.1, -0.05) is 29.5 Å². The number of thioether (sulfide) groups is 1. The van der Waals surface area contributed by atoms with Crippen molar-refractivity contribution in [2.75, 3.05) is 0 Å². The van der Waals surface area contributed by atoms with Gasteiger partial charge < -0.3 is 14.0 Å². The molecule has 27 heavy (non-hydrogen) atoms. The van der Waals surface area contributed by atoms with Crippen LogP contribution in [0.25, 0.3) is 22.6 Å². The first-order chi connectivity index (χ1) is 12.9. The molecule has 4 aromatic rings. The lowest BCUT2D eigenvalue weighted by Gasteiger charge is -2.00. The number of benzene rings is 1. The van der Waals surface area contributed by atoms with Crippen molar-refractivity contribution in [1.82, 2.24) is 24.5 Å². The molecule has 0 bridgehead atoms. The van der Waals surface area contributed by atoms with Crippen molar-refractivity contribution in [1.29, 1.82) is 0 Å². The van der Waals surface area contributed by atoms with E-state index in [1.165, 1.54) is 11.8 Å². The fourth-order valence-corrected chi connectivity index (χ4v) is 3.86. The lowest BCUT2D eigenvalue weighted by atomic mass is 10.1. The maximum Gasteiger partial charge on any atom is 0.279 e. The Kier molecular flexibility index (Phi) is 4.35. The fraction of sp³-hybridized carbons (Fsp3) is 0.263. The normalized spacial score (nSPS) is 11.4. The van der Waals surface area contributed by atoms with Crippen LogP contribution in [-0.2, 0) is 12.8 Å². The quantitative estimate of drug-likeness (QED) is 0.544. The molecule has 0 aliphatic carbocycles. The van der Waals surface area contributed by atoms with E-state index in [1.807, 2.05) is 49.7 Å². The molecule has 0 spiro atoms. The summed E-state index contributed by atoms with van der Waals surface area (Å²) in [6.07, 6.45) is 0. The summed E-state index contributed by atoms with van der Waals surface area (Å²) in [5.41, 5.74) is 3.69. The number of imidazole rings is 1. The van der Waals surface area contributed by atoms with Crippen LogP contribution in [0.1, 0.15) is 22.8 Å². The Morgan fingerprint density at radius 1 is 1.19 bits per heavy atom. The number of hydrogen-bond donors (Lipinski definition) is 1. The average Bonchev–Trinajstić information content (AvgIpc) is 3.14. The van der Waals surface area contributed by atoms with Crippen LogP contribution in [0.4, 0.5) is 0 Å². The molecular weight excluding hydrogens is 362 g/mol. The summed E-state index contributed by atoms with van der Waals surface area (Å²) < 4.78 is 7.68. The monoisotopic (exact) mass is 381 g/mol. The highest BCUT2D eigenvalue weighted by Crippen LogP contribution is 2.28. The van der Waals surface area contributed by atoms with Crippen molar-refractivity contribution >= 4 is 22.9 Å². The summed E-state index contributed by atoms with van der Waals surface area (Å²) in [5, 5.41) is 0.716. The number of aromatic amines is 1. The molecule has 0 saturated carbocycles. The van der Waals surface area contributed by atoms with Crippen LogP contribution in [0.15, 0.2) is 38.6 Å². The van der Waals surface area contributed by atoms with Crippen molar-refractivity contribution in [2.45, 2.75) is 31.7 Å². The summed E-state index contributed by atoms with van der Waals surface area (Å²) in [6.45, 7) is 5.71. The predicted molar refractivity (Wildman–Crippen MR) is 105 cm³/mol. The van der Waals surface area contributed by atoms with Crippen LogP contribution in [0.2, 0.25) is 0 Å². The molecule has 0 aliphatic rings. The third-order valence-electron chi connectivity index (χ3n) is 4.30. The first kappa shape index (κ1) is 17.5. The summed E-state index contributed by atoms with van der Waals surface area (Å²) >= 11 is 1.50. The molecule has 0 unspecified atom stereocenters. The van der Waals surface area contributed by atoms with Gasteiger partial charge in [0, 0.05) is 18.4 Å². The molecule has 138 valence electrons. The third-order valence-corrected chi connectivity index (χ3v) is 5.34. The molecule has 0 radical (unpaired) electrons. The topological polar surface area (TPSA) is 89.6 Å². The van der Waals surface area contributed by atoms with Gasteiger partial charge in [0.05, 0.1) is 5.69 Å². The molecule has 0 saturated heterocycles. The minimum Gasteiger partial charge on any atom is -0.441 e. The van der Waals surface area contributed by atoms with Crippen molar-refractivity contribution in [3.63, 3.8) is 0 Å². The summed E-state index contributed by atoms with van der Waals surface area (Å²) in [7, 11) is 1.86. The molecule has 1 N–H and O–H groups in total. The van der Waals surface area contributed by atoms with Gasteiger partial charge in [0.1, 0.15) is 11.6 Å². The minimum absolute atomic E-state index is 0.223. The van der Waals surface area contributed by atoms with Crippen LogP contribution < -0.4 is 5.56 Å². The molecule has 3 heterocycles. The Bertz CT molecular complexity index is 1200. The molecule has 0 fully saturated rings. The van der Waals surface area contributed by atoms with Crippen LogP contribution >= 0.6 is 11.8 Å². The number of hydrogen-bond acceptors (Lipinski definition) is 6. The Morgan fingerprint density at radius 2 is 2.00 bits per heavy atom. The third kappa shape index (κ3) is 3.28. The van der Waals surface area contributed by atoms with Crippen molar-refractivity contribution in [3.8, 4) is 11.5 Å². The van der Waals surface area contributed by atoms with E-state index in [-0.39, 0.29) is 5.56 Å². The van der Waals surface area contributed by atoms with Crippen molar-refractivity contribution in [3.05, 3.63) is 57.5 Å². The zero-order chi connectivity index (χ0) is 19.1. The highest BCUT2D eigenvalue weighted by Gasteiger charge is 2.16. The summed E-state index contributed by atoms with van der Waals surface area (Å²) in [4.78, 5) is 28.2. The molecule has 1 aromatic carbocycles. The first-order valence-corrected chi connectivity index (χ1v) is 9.50. The standard InChI is InChI=1S/C19H19N5O2S/c1-10-6-5-7-13(8-10)18-22-14(11(2)26-18)9-27-19-23-15-16(24(19)4)20-12(3)21-17(15)25/h5-8H,9H2,1-4H3,(H,20,21,25). The number of nitrogens with zero attached hydrogens (tertiary/aromatic N) is 4. The highest BCUT2D eigenvalue weighted by atomic mass is 32.2.